The fourth-order valence-electron chi connectivity index (χ4n) is 1.06. The molecule has 0 radical (unpaired) electrons. The molecule has 0 spiro atoms. The smallest absolute Gasteiger partial charge is 0.372 e. The van der Waals surface area contributed by atoms with Crippen molar-refractivity contribution in [2.75, 3.05) is 0 Å². The Hall–Kier alpha value is -2.24. The van der Waals surface area contributed by atoms with E-state index in [9.17, 15) is 4.79 Å². The fraction of sp³-hybridized carbons (Fsp3) is 0. The van der Waals surface area contributed by atoms with Gasteiger partial charge in [-0.25, -0.2) is 14.8 Å². The molecule has 6 nitrogen and oxygen atoms in total. The fourth-order valence-corrected chi connectivity index (χ4v) is 1.06. The third-order valence-electron chi connectivity index (χ3n) is 1.63. The van der Waals surface area contributed by atoms with E-state index in [-0.39, 0.29) is 5.82 Å². The standard InChI is InChI=1S/C8H6N4O2/c13-8(14)7-11-3-4-12(7)6-5-9-1-2-10-6/h1-5H,(H,13,14). The van der Waals surface area contributed by atoms with Gasteiger partial charge in [0.1, 0.15) is 0 Å². The third-order valence-corrected chi connectivity index (χ3v) is 1.63. The van der Waals surface area contributed by atoms with Crippen molar-refractivity contribution < 1.29 is 9.90 Å². The Bertz CT molecular complexity index is 451. The first-order chi connectivity index (χ1) is 6.79. The van der Waals surface area contributed by atoms with Crippen LogP contribution in [0, 0.1) is 0 Å². The number of carboxylic acid groups (broad SMARTS) is 1. The second-order valence-corrected chi connectivity index (χ2v) is 2.49. The van der Waals surface area contributed by atoms with Crippen LogP contribution in [0.5, 0.6) is 0 Å². The highest BCUT2D eigenvalue weighted by molar-refractivity contribution is 5.84. The van der Waals surface area contributed by atoms with Crippen LogP contribution in [-0.4, -0.2) is 30.6 Å². The summed E-state index contributed by atoms with van der Waals surface area (Å²) in [5, 5.41) is 8.78. The van der Waals surface area contributed by atoms with Gasteiger partial charge >= 0.3 is 5.97 Å². The first-order valence-electron chi connectivity index (χ1n) is 3.82. The molecule has 0 amide bonds. The molecule has 1 N–H and O–H groups in total. The minimum atomic E-state index is -1.10. The summed E-state index contributed by atoms with van der Waals surface area (Å²) in [5.74, 6) is -0.742. The molecule has 0 fully saturated rings. The van der Waals surface area contributed by atoms with Gasteiger partial charge in [-0.2, -0.15) is 0 Å². The van der Waals surface area contributed by atoms with Crippen LogP contribution in [0.4, 0.5) is 0 Å². The lowest BCUT2D eigenvalue weighted by Gasteiger charge is -2.01. The van der Waals surface area contributed by atoms with Gasteiger partial charge in [0, 0.05) is 24.8 Å². The Morgan fingerprint density at radius 1 is 1.29 bits per heavy atom. The summed E-state index contributed by atoms with van der Waals surface area (Å²) in [4.78, 5) is 22.2. The van der Waals surface area contributed by atoms with Crippen molar-refractivity contribution in [1.82, 2.24) is 19.5 Å². The number of imidazole rings is 1. The average Bonchev–Trinajstić information content (AvgIpc) is 2.67. The van der Waals surface area contributed by atoms with Crippen LogP contribution in [0.1, 0.15) is 10.6 Å². The van der Waals surface area contributed by atoms with E-state index < -0.39 is 5.97 Å². The molecular formula is C8H6N4O2. The zero-order valence-corrected chi connectivity index (χ0v) is 7.03. The van der Waals surface area contributed by atoms with Crippen molar-refractivity contribution in [1.29, 1.82) is 0 Å². The van der Waals surface area contributed by atoms with Crippen LogP contribution in [0.25, 0.3) is 5.82 Å². The largest absolute Gasteiger partial charge is 0.475 e. The van der Waals surface area contributed by atoms with Gasteiger partial charge in [0.25, 0.3) is 0 Å². The van der Waals surface area contributed by atoms with E-state index >= 15 is 0 Å². The van der Waals surface area contributed by atoms with Crippen molar-refractivity contribution in [2.45, 2.75) is 0 Å². The van der Waals surface area contributed by atoms with Gasteiger partial charge in [-0.05, 0) is 0 Å². The predicted octanol–water partition coefficient (Wildman–Crippen LogP) is 0.360. The van der Waals surface area contributed by atoms with E-state index in [0.29, 0.717) is 5.82 Å². The minimum Gasteiger partial charge on any atom is -0.475 e. The second-order valence-electron chi connectivity index (χ2n) is 2.49. The van der Waals surface area contributed by atoms with Crippen molar-refractivity contribution in [3.8, 4) is 5.82 Å². The zero-order chi connectivity index (χ0) is 9.97. The van der Waals surface area contributed by atoms with Crippen molar-refractivity contribution in [3.63, 3.8) is 0 Å². The topological polar surface area (TPSA) is 80.9 Å². The first kappa shape index (κ1) is 8.36. The highest BCUT2D eigenvalue weighted by Gasteiger charge is 2.12. The van der Waals surface area contributed by atoms with Crippen LogP contribution in [-0.2, 0) is 0 Å². The summed E-state index contributed by atoms with van der Waals surface area (Å²) >= 11 is 0. The number of hydrogen-bond acceptors (Lipinski definition) is 4. The normalized spacial score (nSPS) is 10.0. The van der Waals surface area contributed by atoms with Crippen molar-refractivity contribution >= 4 is 5.97 Å². The summed E-state index contributed by atoms with van der Waals surface area (Å²) in [6.07, 6.45) is 7.39. The molecular weight excluding hydrogens is 184 g/mol. The summed E-state index contributed by atoms with van der Waals surface area (Å²) in [6, 6.07) is 0. The van der Waals surface area contributed by atoms with Crippen LogP contribution in [0.2, 0.25) is 0 Å². The molecule has 14 heavy (non-hydrogen) atoms. The Balaban J connectivity index is 2.52. The first-order valence-corrected chi connectivity index (χ1v) is 3.82. The molecule has 2 aromatic heterocycles. The molecule has 0 atom stereocenters. The van der Waals surface area contributed by atoms with Crippen molar-refractivity contribution in [2.24, 2.45) is 0 Å². The number of carbonyl (C=O) groups is 1. The summed E-state index contributed by atoms with van der Waals surface area (Å²) in [6.45, 7) is 0. The highest BCUT2D eigenvalue weighted by atomic mass is 16.4. The maximum atomic E-state index is 10.7. The van der Waals surface area contributed by atoms with Gasteiger partial charge in [-0.1, -0.05) is 0 Å². The number of nitrogens with zero attached hydrogens (tertiary/aromatic N) is 4. The predicted molar refractivity (Wildman–Crippen MR) is 46.1 cm³/mol. The lowest BCUT2D eigenvalue weighted by atomic mass is 10.5. The summed E-state index contributed by atoms with van der Waals surface area (Å²) in [5.41, 5.74) is 0. The Labute approximate surface area is 78.9 Å². The molecule has 6 heteroatoms. The van der Waals surface area contributed by atoms with E-state index in [2.05, 4.69) is 15.0 Å². The van der Waals surface area contributed by atoms with E-state index in [1.165, 1.54) is 35.6 Å². The van der Waals surface area contributed by atoms with Gasteiger partial charge in [0.15, 0.2) is 5.82 Å². The summed E-state index contributed by atoms with van der Waals surface area (Å²) in [7, 11) is 0. The lowest BCUT2D eigenvalue weighted by molar-refractivity contribution is 0.0681. The Kier molecular flexibility index (Phi) is 1.94. The monoisotopic (exact) mass is 190 g/mol. The molecule has 0 saturated carbocycles. The molecule has 0 aliphatic carbocycles. The lowest BCUT2D eigenvalue weighted by Crippen LogP contribution is -2.08. The molecule has 70 valence electrons. The van der Waals surface area contributed by atoms with Gasteiger partial charge in [0.2, 0.25) is 5.82 Å². The van der Waals surface area contributed by atoms with Crippen molar-refractivity contribution in [3.05, 3.63) is 36.8 Å². The molecule has 0 aliphatic rings. The molecule has 2 heterocycles. The number of aromatic nitrogens is 4. The van der Waals surface area contributed by atoms with E-state index in [1.807, 2.05) is 0 Å². The van der Waals surface area contributed by atoms with Gasteiger partial charge in [-0.15, -0.1) is 0 Å². The summed E-state index contributed by atoms with van der Waals surface area (Å²) < 4.78 is 1.36. The van der Waals surface area contributed by atoms with Crippen LogP contribution in [0.15, 0.2) is 31.0 Å². The molecule has 0 bridgehead atoms. The Morgan fingerprint density at radius 3 is 2.79 bits per heavy atom. The minimum absolute atomic E-state index is 0.0782. The number of rotatable bonds is 2. The van der Waals surface area contributed by atoms with Crippen LogP contribution < -0.4 is 0 Å². The number of aromatic carboxylic acids is 1. The quantitative estimate of drug-likeness (QED) is 0.739. The SMILES string of the molecule is O=C(O)c1nccn1-c1cnccn1. The molecule has 2 rings (SSSR count). The Morgan fingerprint density at radius 2 is 2.14 bits per heavy atom. The van der Waals surface area contributed by atoms with E-state index in [1.54, 1.807) is 0 Å². The second kappa shape index (κ2) is 3.25. The molecule has 0 unspecified atom stereocenters. The van der Waals surface area contributed by atoms with Crippen LogP contribution >= 0.6 is 0 Å². The van der Waals surface area contributed by atoms with Crippen LogP contribution in [0.3, 0.4) is 0 Å². The maximum Gasteiger partial charge on any atom is 0.372 e. The van der Waals surface area contributed by atoms with E-state index in [0.717, 1.165) is 0 Å². The highest BCUT2D eigenvalue weighted by Crippen LogP contribution is 2.05. The van der Waals surface area contributed by atoms with E-state index in [4.69, 9.17) is 5.11 Å². The average molecular weight is 190 g/mol. The van der Waals surface area contributed by atoms with Gasteiger partial charge < -0.3 is 5.11 Å². The molecule has 2 aromatic rings. The molecule has 0 aliphatic heterocycles. The zero-order valence-electron chi connectivity index (χ0n) is 7.03. The van der Waals surface area contributed by atoms with Gasteiger partial charge in [0.05, 0.1) is 6.20 Å². The number of hydrogen-bond donors (Lipinski definition) is 1. The number of carboxylic acids is 1. The molecule has 0 aromatic carbocycles. The third kappa shape index (κ3) is 1.33. The maximum absolute atomic E-state index is 10.7. The molecule has 0 saturated heterocycles. The van der Waals surface area contributed by atoms with Gasteiger partial charge in [-0.3, -0.25) is 9.55 Å².